The molecule has 1 atom stereocenters. The number of halogens is 1. The molecule has 18 heavy (non-hydrogen) atoms. The molecule has 1 heterocycles. The van der Waals surface area contributed by atoms with Gasteiger partial charge >= 0.3 is 0 Å². The lowest BCUT2D eigenvalue weighted by Crippen LogP contribution is -2.47. The Hall–Kier alpha value is -1.93. The number of hydrogen-bond donors (Lipinski definition) is 2. The smallest absolute Gasteiger partial charge is 0.237 e. The Morgan fingerprint density at radius 1 is 1.56 bits per heavy atom. The molecule has 1 fully saturated rings. The first-order valence-electron chi connectivity index (χ1n) is 5.90. The fourth-order valence-corrected chi connectivity index (χ4v) is 2.02. The molecule has 4 nitrogen and oxygen atoms in total. The van der Waals surface area contributed by atoms with Gasteiger partial charge in [-0.15, -0.1) is 0 Å². The average molecular weight is 247 g/mol. The number of amides is 1. The van der Waals surface area contributed by atoms with Gasteiger partial charge in [-0.25, -0.2) is 4.39 Å². The lowest BCUT2D eigenvalue weighted by molar-refractivity contribution is -0.124. The van der Waals surface area contributed by atoms with Gasteiger partial charge in [-0.2, -0.15) is 5.26 Å². The van der Waals surface area contributed by atoms with Gasteiger partial charge in [0.2, 0.25) is 5.91 Å². The molecule has 1 aromatic rings. The monoisotopic (exact) mass is 247 g/mol. The second kappa shape index (κ2) is 5.61. The Labute approximate surface area is 105 Å². The largest absolute Gasteiger partial charge is 0.355 e. The van der Waals surface area contributed by atoms with Crippen LogP contribution in [0.15, 0.2) is 18.2 Å². The summed E-state index contributed by atoms with van der Waals surface area (Å²) in [6.45, 7) is 1.03. The summed E-state index contributed by atoms with van der Waals surface area (Å²) in [4.78, 5) is 11.5. The summed E-state index contributed by atoms with van der Waals surface area (Å²) in [6.07, 6.45) is 1.70. The summed E-state index contributed by atoms with van der Waals surface area (Å²) in [5.74, 6) is -0.407. The second-order valence-electron chi connectivity index (χ2n) is 4.28. The Balaban J connectivity index is 2.03. The van der Waals surface area contributed by atoms with Crippen molar-refractivity contribution in [2.45, 2.75) is 25.4 Å². The molecule has 0 aromatic heterocycles. The third kappa shape index (κ3) is 2.84. The molecule has 1 unspecified atom stereocenters. The van der Waals surface area contributed by atoms with Gasteiger partial charge in [-0.05, 0) is 36.6 Å². The molecule has 1 aromatic carbocycles. The minimum absolute atomic E-state index is 0.0313. The lowest BCUT2D eigenvalue weighted by Gasteiger charge is -2.23. The third-order valence-corrected chi connectivity index (χ3v) is 3.01. The van der Waals surface area contributed by atoms with Crippen molar-refractivity contribution < 1.29 is 9.18 Å². The van der Waals surface area contributed by atoms with Crippen LogP contribution in [-0.2, 0) is 11.3 Å². The highest BCUT2D eigenvalue weighted by Gasteiger charge is 2.21. The van der Waals surface area contributed by atoms with Crippen molar-refractivity contribution in [1.82, 2.24) is 10.6 Å². The molecule has 0 aliphatic carbocycles. The normalized spacial score (nSPS) is 19.1. The van der Waals surface area contributed by atoms with Crippen LogP contribution in [0.2, 0.25) is 0 Å². The van der Waals surface area contributed by atoms with Gasteiger partial charge in [0.25, 0.3) is 0 Å². The van der Waals surface area contributed by atoms with E-state index in [0.717, 1.165) is 12.8 Å². The quantitative estimate of drug-likeness (QED) is 0.839. The fraction of sp³-hybridized carbons (Fsp3) is 0.385. The average Bonchev–Trinajstić information content (AvgIpc) is 2.38. The predicted molar refractivity (Wildman–Crippen MR) is 64.0 cm³/mol. The van der Waals surface area contributed by atoms with E-state index < -0.39 is 0 Å². The minimum Gasteiger partial charge on any atom is -0.355 e. The minimum atomic E-state index is -0.376. The van der Waals surface area contributed by atoms with Gasteiger partial charge in [-0.3, -0.25) is 4.79 Å². The van der Waals surface area contributed by atoms with E-state index in [1.807, 2.05) is 6.07 Å². The molecular formula is C13H14FN3O. The highest BCUT2D eigenvalue weighted by Crippen LogP contribution is 2.11. The Morgan fingerprint density at radius 3 is 3.11 bits per heavy atom. The van der Waals surface area contributed by atoms with Crippen LogP contribution >= 0.6 is 0 Å². The maximum Gasteiger partial charge on any atom is 0.237 e. The molecule has 1 aliphatic heterocycles. The van der Waals surface area contributed by atoms with Crippen molar-refractivity contribution >= 4 is 5.91 Å². The summed E-state index contributed by atoms with van der Waals surface area (Å²) in [5, 5.41) is 14.7. The zero-order valence-electron chi connectivity index (χ0n) is 9.87. The number of nitriles is 1. The first kappa shape index (κ1) is 12.5. The van der Waals surface area contributed by atoms with Crippen molar-refractivity contribution in [3.8, 4) is 6.07 Å². The highest BCUT2D eigenvalue weighted by atomic mass is 19.1. The predicted octanol–water partition coefficient (Wildman–Crippen LogP) is 1.07. The summed E-state index contributed by atoms with van der Waals surface area (Å²) in [7, 11) is 0. The number of carbonyl (C=O) groups excluding carboxylic acids is 1. The maximum atomic E-state index is 13.1. The Bertz CT molecular complexity index is 495. The van der Waals surface area contributed by atoms with E-state index in [1.165, 1.54) is 18.2 Å². The van der Waals surface area contributed by atoms with Gasteiger partial charge in [-0.1, -0.05) is 0 Å². The van der Waals surface area contributed by atoms with Crippen LogP contribution in [0.4, 0.5) is 4.39 Å². The first-order chi connectivity index (χ1) is 8.70. The molecule has 0 bridgehead atoms. The summed E-state index contributed by atoms with van der Waals surface area (Å²) < 4.78 is 13.1. The van der Waals surface area contributed by atoms with Crippen LogP contribution in [0.1, 0.15) is 24.0 Å². The standard InChI is InChI=1S/C13H14FN3O/c14-11-4-3-9(7-15)10(6-11)8-17-12-2-1-5-16-13(12)18/h3-4,6,12,17H,1-2,5,8H2,(H,16,18). The van der Waals surface area contributed by atoms with E-state index >= 15 is 0 Å². The number of nitrogens with zero attached hydrogens (tertiary/aromatic N) is 1. The van der Waals surface area contributed by atoms with Crippen LogP contribution in [0, 0.1) is 17.1 Å². The number of nitrogens with one attached hydrogen (secondary N) is 2. The van der Waals surface area contributed by atoms with Gasteiger partial charge in [0.1, 0.15) is 5.82 Å². The van der Waals surface area contributed by atoms with Gasteiger partial charge < -0.3 is 10.6 Å². The van der Waals surface area contributed by atoms with Crippen molar-refractivity contribution in [3.05, 3.63) is 35.1 Å². The maximum absolute atomic E-state index is 13.1. The van der Waals surface area contributed by atoms with E-state index in [9.17, 15) is 9.18 Å². The molecule has 0 radical (unpaired) electrons. The van der Waals surface area contributed by atoms with Crippen LogP contribution in [-0.4, -0.2) is 18.5 Å². The molecule has 1 aliphatic rings. The van der Waals surface area contributed by atoms with E-state index in [0.29, 0.717) is 24.2 Å². The second-order valence-corrected chi connectivity index (χ2v) is 4.28. The van der Waals surface area contributed by atoms with Crippen molar-refractivity contribution in [1.29, 1.82) is 5.26 Å². The molecule has 94 valence electrons. The van der Waals surface area contributed by atoms with Crippen LogP contribution in [0.25, 0.3) is 0 Å². The van der Waals surface area contributed by atoms with Crippen molar-refractivity contribution in [2.24, 2.45) is 0 Å². The molecular weight excluding hydrogens is 233 g/mol. The first-order valence-corrected chi connectivity index (χ1v) is 5.90. The SMILES string of the molecule is N#Cc1ccc(F)cc1CNC1CCCNC1=O. The summed E-state index contributed by atoms with van der Waals surface area (Å²) in [5.41, 5.74) is 1.01. The molecule has 2 N–H and O–H groups in total. The Morgan fingerprint density at radius 2 is 2.39 bits per heavy atom. The number of carbonyl (C=O) groups is 1. The molecule has 1 amide bonds. The number of rotatable bonds is 3. The molecule has 5 heteroatoms. The van der Waals surface area contributed by atoms with Crippen molar-refractivity contribution in [3.63, 3.8) is 0 Å². The van der Waals surface area contributed by atoms with Gasteiger partial charge in [0.15, 0.2) is 0 Å². The van der Waals surface area contributed by atoms with E-state index in [2.05, 4.69) is 10.6 Å². The molecule has 1 saturated heterocycles. The molecule has 0 spiro atoms. The van der Waals surface area contributed by atoms with Crippen LogP contribution in [0.3, 0.4) is 0 Å². The highest BCUT2D eigenvalue weighted by molar-refractivity contribution is 5.82. The summed E-state index contributed by atoms with van der Waals surface area (Å²) in [6, 6.07) is 5.80. The zero-order chi connectivity index (χ0) is 13.0. The number of hydrogen-bond acceptors (Lipinski definition) is 3. The summed E-state index contributed by atoms with van der Waals surface area (Å²) >= 11 is 0. The third-order valence-electron chi connectivity index (χ3n) is 3.01. The zero-order valence-corrected chi connectivity index (χ0v) is 9.87. The van der Waals surface area contributed by atoms with Crippen molar-refractivity contribution in [2.75, 3.05) is 6.54 Å². The number of piperidine rings is 1. The molecule has 2 rings (SSSR count). The Kier molecular flexibility index (Phi) is 3.90. The van der Waals surface area contributed by atoms with Crippen LogP contribution in [0.5, 0.6) is 0 Å². The van der Waals surface area contributed by atoms with Crippen LogP contribution < -0.4 is 10.6 Å². The lowest BCUT2D eigenvalue weighted by atomic mass is 10.0. The van der Waals surface area contributed by atoms with Gasteiger partial charge in [0.05, 0.1) is 17.7 Å². The topological polar surface area (TPSA) is 64.9 Å². The van der Waals surface area contributed by atoms with E-state index in [-0.39, 0.29) is 17.8 Å². The van der Waals surface area contributed by atoms with E-state index in [1.54, 1.807) is 0 Å². The van der Waals surface area contributed by atoms with Gasteiger partial charge in [0, 0.05) is 13.1 Å². The number of benzene rings is 1. The fourth-order valence-electron chi connectivity index (χ4n) is 2.02. The van der Waals surface area contributed by atoms with E-state index in [4.69, 9.17) is 5.26 Å². The molecule has 0 saturated carbocycles.